The van der Waals surface area contributed by atoms with Gasteiger partial charge in [0.1, 0.15) is 5.69 Å². The van der Waals surface area contributed by atoms with Gasteiger partial charge in [-0.15, -0.1) is 0 Å². The topological polar surface area (TPSA) is 115 Å². The van der Waals surface area contributed by atoms with Gasteiger partial charge in [-0.2, -0.15) is 0 Å². The first-order valence-electron chi connectivity index (χ1n) is 7.75. The van der Waals surface area contributed by atoms with Gasteiger partial charge in [-0.1, -0.05) is 5.16 Å². The molecule has 0 saturated carbocycles. The summed E-state index contributed by atoms with van der Waals surface area (Å²) in [5, 5.41) is 7.17. The molecule has 8 nitrogen and oxygen atoms in total. The number of nitrogens with one attached hydrogen (secondary N) is 1. The number of carbonyl (C=O) groups excluding carboxylic acids is 1. The highest BCUT2D eigenvalue weighted by atomic mass is 32.2. The summed E-state index contributed by atoms with van der Waals surface area (Å²) in [6.45, 7) is 1.72. The molecule has 1 aliphatic rings. The standard InChI is InChI=1S/C16H15N3O5S/c1-9-14-11(15(20)17-10-4-6-25(21,22)8-10)7-12(13-3-2-5-23-13)18-16(14)24-19-9/h2-3,5,7,10H,4,6,8H2,1H3,(H,17,20)/t10-/m1/s1. The molecule has 130 valence electrons. The minimum Gasteiger partial charge on any atom is -0.463 e. The lowest BCUT2D eigenvalue weighted by atomic mass is 10.1. The van der Waals surface area contributed by atoms with E-state index >= 15 is 0 Å². The minimum absolute atomic E-state index is 0.0410. The molecular formula is C16H15N3O5S. The summed E-state index contributed by atoms with van der Waals surface area (Å²) in [6, 6.07) is 4.65. The fraction of sp³-hybridized carbons (Fsp3) is 0.312. The third-order valence-electron chi connectivity index (χ3n) is 4.20. The van der Waals surface area contributed by atoms with Gasteiger partial charge in [-0.3, -0.25) is 4.79 Å². The van der Waals surface area contributed by atoms with Gasteiger partial charge in [0.15, 0.2) is 15.6 Å². The molecule has 0 spiro atoms. The van der Waals surface area contributed by atoms with Gasteiger partial charge in [0.25, 0.3) is 11.6 Å². The van der Waals surface area contributed by atoms with Crippen molar-refractivity contribution in [3.63, 3.8) is 0 Å². The molecule has 1 atom stereocenters. The van der Waals surface area contributed by atoms with Crippen LogP contribution in [-0.4, -0.2) is 42.0 Å². The van der Waals surface area contributed by atoms with Gasteiger partial charge in [0.2, 0.25) is 0 Å². The predicted octanol–water partition coefficient (Wildman–Crippen LogP) is 1.71. The Morgan fingerprint density at radius 2 is 2.24 bits per heavy atom. The van der Waals surface area contributed by atoms with Crippen LogP contribution in [0.15, 0.2) is 33.4 Å². The van der Waals surface area contributed by atoms with Gasteiger partial charge >= 0.3 is 0 Å². The number of fused-ring (bicyclic) bond motifs is 1. The Morgan fingerprint density at radius 1 is 1.40 bits per heavy atom. The number of carbonyl (C=O) groups is 1. The van der Waals surface area contributed by atoms with Crippen LogP contribution in [-0.2, 0) is 9.84 Å². The molecule has 3 aromatic heterocycles. The Labute approximate surface area is 143 Å². The van der Waals surface area contributed by atoms with Crippen molar-refractivity contribution in [2.75, 3.05) is 11.5 Å². The van der Waals surface area contributed by atoms with Crippen LogP contribution in [0.1, 0.15) is 22.5 Å². The first kappa shape index (κ1) is 15.8. The van der Waals surface area contributed by atoms with Gasteiger partial charge in [0.05, 0.1) is 34.4 Å². The molecule has 0 aliphatic carbocycles. The number of furan rings is 1. The molecular weight excluding hydrogens is 346 g/mol. The highest BCUT2D eigenvalue weighted by Crippen LogP contribution is 2.27. The molecule has 1 fully saturated rings. The van der Waals surface area contributed by atoms with E-state index in [0.29, 0.717) is 34.5 Å². The summed E-state index contributed by atoms with van der Waals surface area (Å²) < 4.78 is 33.7. The minimum atomic E-state index is -3.08. The van der Waals surface area contributed by atoms with Crippen LogP contribution in [0.4, 0.5) is 0 Å². The molecule has 4 rings (SSSR count). The second kappa shape index (κ2) is 5.69. The molecule has 4 heterocycles. The zero-order chi connectivity index (χ0) is 17.6. The van der Waals surface area contributed by atoms with Crippen molar-refractivity contribution in [1.29, 1.82) is 0 Å². The maximum absolute atomic E-state index is 12.8. The predicted molar refractivity (Wildman–Crippen MR) is 88.8 cm³/mol. The van der Waals surface area contributed by atoms with Crippen LogP contribution in [0.3, 0.4) is 0 Å². The van der Waals surface area contributed by atoms with Gasteiger partial charge < -0.3 is 14.3 Å². The van der Waals surface area contributed by atoms with Crippen molar-refractivity contribution in [2.45, 2.75) is 19.4 Å². The number of pyridine rings is 1. The maximum atomic E-state index is 12.8. The average molecular weight is 361 g/mol. The third kappa shape index (κ3) is 2.91. The van der Waals surface area contributed by atoms with E-state index in [2.05, 4.69) is 15.5 Å². The van der Waals surface area contributed by atoms with Crippen LogP contribution >= 0.6 is 0 Å². The van der Waals surface area contributed by atoms with Gasteiger partial charge in [0, 0.05) is 6.04 Å². The van der Waals surface area contributed by atoms with E-state index in [1.807, 2.05) is 0 Å². The van der Waals surface area contributed by atoms with Crippen LogP contribution in [0.2, 0.25) is 0 Å². The first-order chi connectivity index (χ1) is 11.9. The van der Waals surface area contributed by atoms with Gasteiger partial charge in [-0.05, 0) is 31.5 Å². The zero-order valence-electron chi connectivity index (χ0n) is 13.4. The molecule has 25 heavy (non-hydrogen) atoms. The number of rotatable bonds is 3. The number of amides is 1. The van der Waals surface area contributed by atoms with Crippen molar-refractivity contribution in [2.24, 2.45) is 0 Å². The van der Waals surface area contributed by atoms with Crippen molar-refractivity contribution in [1.82, 2.24) is 15.5 Å². The summed E-state index contributed by atoms with van der Waals surface area (Å²) in [7, 11) is -3.08. The van der Waals surface area contributed by atoms with E-state index < -0.39 is 15.9 Å². The summed E-state index contributed by atoms with van der Waals surface area (Å²) in [6.07, 6.45) is 1.92. The quantitative estimate of drug-likeness (QED) is 0.755. The van der Waals surface area contributed by atoms with Crippen LogP contribution in [0.5, 0.6) is 0 Å². The van der Waals surface area contributed by atoms with Crippen molar-refractivity contribution in [3.05, 3.63) is 35.7 Å². The van der Waals surface area contributed by atoms with Crippen molar-refractivity contribution in [3.8, 4) is 11.5 Å². The summed E-state index contributed by atoms with van der Waals surface area (Å²) in [5.41, 5.74) is 1.55. The molecule has 0 radical (unpaired) electrons. The first-order valence-corrected chi connectivity index (χ1v) is 9.57. The third-order valence-corrected chi connectivity index (χ3v) is 5.97. The van der Waals surface area contributed by atoms with Gasteiger partial charge in [-0.25, -0.2) is 13.4 Å². The molecule has 0 unspecified atom stereocenters. The monoisotopic (exact) mass is 361 g/mol. The number of sulfone groups is 1. The number of aryl methyl sites for hydroxylation is 1. The fourth-order valence-electron chi connectivity index (χ4n) is 3.00. The molecule has 1 aliphatic heterocycles. The lowest BCUT2D eigenvalue weighted by Gasteiger charge is -2.12. The van der Waals surface area contributed by atoms with Crippen molar-refractivity contribution >= 4 is 26.8 Å². The second-order valence-corrected chi connectivity index (χ2v) is 8.28. The lowest BCUT2D eigenvalue weighted by Crippen LogP contribution is -2.35. The normalized spacial score (nSPS) is 19.3. The van der Waals surface area contributed by atoms with E-state index in [1.54, 1.807) is 25.1 Å². The SMILES string of the molecule is Cc1noc2nc(-c3ccco3)cc(C(=O)N[C@@H]3CCS(=O)(=O)C3)c12. The molecule has 0 bridgehead atoms. The van der Waals surface area contributed by atoms with Crippen LogP contribution in [0, 0.1) is 6.92 Å². The van der Waals surface area contributed by atoms with E-state index in [1.165, 1.54) is 6.26 Å². The summed E-state index contributed by atoms with van der Waals surface area (Å²) in [5.74, 6) is 0.163. The fourth-order valence-corrected chi connectivity index (χ4v) is 4.67. The zero-order valence-corrected chi connectivity index (χ0v) is 14.2. The van der Waals surface area contributed by atoms with E-state index in [-0.39, 0.29) is 23.1 Å². The highest BCUT2D eigenvalue weighted by molar-refractivity contribution is 7.91. The number of nitrogens with zero attached hydrogens (tertiary/aromatic N) is 2. The molecule has 1 N–H and O–H groups in total. The van der Waals surface area contributed by atoms with Crippen LogP contribution < -0.4 is 5.32 Å². The number of hydrogen-bond donors (Lipinski definition) is 1. The average Bonchev–Trinajstić information content (AvgIpc) is 3.28. The highest BCUT2D eigenvalue weighted by Gasteiger charge is 2.30. The van der Waals surface area contributed by atoms with E-state index in [4.69, 9.17) is 8.94 Å². The Hall–Kier alpha value is -2.68. The Bertz CT molecular complexity index is 1050. The maximum Gasteiger partial charge on any atom is 0.259 e. The Morgan fingerprint density at radius 3 is 2.92 bits per heavy atom. The smallest absolute Gasteiger partial charge is 0.259 e. The second-order valence-electron chi connectivity index (χ2n) is 6.05. The Kier molecular flexibility index (Phi) is 3.60. The Balaban J connectivity index is 1.74. The largest absolute Gasteiger partial charge is 0.463 e. The summed E-state index contributed by atoms with van der Waals surface area (Å²) >= 11 is 0. The molecule has 1 saturated heterocycles. The number of hydrogen-bond acceptors (Lipinski definition) is 7. The molecule has 9 heteroatoms. The lowest BCUT2D eigenvalue weighted by molar-refractivity contribution is 0.0942. The van der Waals surface area contributed by atoms with E-state index in [0.717, 1.165) is 0 Å². The van der Waals surface area contributed by atoms with E-state index in [9.17, 15) is 13.2 Å². The summed E-state index contributed by atoms with van der Waals surface area (Å²) in [4.78, 5) is 17.1. The van der Waals surface area contributed by atoms with Crippen molar-refractivity contribution < 1.29 is 22.2 Å². The van der Waals surface area contributed by atoms with Crippen LogP contribution in [0.25, 0.3) is 22.6 Å². The molecule has 1 amide bonds. The molecule has 3 aromatic rings. The molecule has 0 aromatic carbocycles. The number of aromatic nitrogens is 2.